The lowest BCUT2D eigenvalue weighted by Gasteiger charge is -2.49. The Morgan fingerprint density at radius 2 is 2.10 bits per heavy atom. The van der Waals surface area contributed by atoms with Crippen molar-refractivity contribution in [3.8, 4) is 5.75 Å². The molecule has 1 N–H and O–H groups in total. The van der Waals surface area contributed by atoms with E-state index < -0.39 is 0 Å². The number of benzene rings is 1. The minimum atomic E-state index is -0.318. The molecule has 0 amide bonds. The van der Waals surface area contributed by atoms with E-state index in [1.54, 1.807) is 7.11 Å². The Hall–Kier alpha value is -1.28. The Bertz CT molecular complexity index is 561. The van der Waals surface area contributed by atoms with Gasteiger partial charge in [0.25, 0.3) is 0 Å². The van der Waals surface area contributed by atoms with Crippen LogP contribution in [0.1, 0.15) is 42.9 Å². The molecule has 0 spiro atoms. The van der Waals surface area contributed by atoms with Crippen LogP contribution in [0.4, 0.5) is 0 Å². The van der Waals surface area contributed by atoms with Crippen molar-refractivity contribution in [3.05, 3.63) is 41.0 Å². The van der Waals surface area contributed by atoms with Crippen molar-refractivity contribution in [1.29, 1.82) is 0 Å². The Morgan fingerprint density at radius 1 is 1.35 bits per heavy atom. The van der Waals surface area contributed by atoms with Gasteiger partial charge in [0, 0.05) is 0 Å². The molecule has 1 unspecified atom stereocenters. The highest BCUT2D eigenvalue weighted by atomic mass is 16.5. The third-order valence-corrected chi connectivity index (χ3v) is 5.52. The molecule has 20 heavy (non-hydrogen) atoms. The SMILES string of the molecule is C=C1C2CCc3cc(C)c(OC)cc3[C@@]2(C)CC[C@H]1O. The summed E-state index contributed by atoms with van der Waals surface area (Å²) in [6.45, 7) is 8.62. The summed E-state index contributed by atoms with van der Waals surface area (Å²) >= 11 is 0. The molecule has 2 aliphatic rings. The third-order valence-electron chi connectivity index (χ3n) is 5.52. The Morgan fingerprint density at radius 3 is 2.80 bits per heavy atom. The van der Waals surface area contributed by atoms with Crippen LogP contribution in [0.2, 0.25) is 0 Å². The monoisotopic (exact) mass is 272 g/mol. The Kier molecular flexibility index (Phi) is 3.17. The first-order valence-electron chi connectivity index (χ1n) is 7.52. The molecular weight excluding hydrogens is 248 g/mol. The summed E-state index contributed by atoms with van der Waals surface area (Å²) in [4.78, 5) is 0. The summed E-state index contributed by atoms with van der Waals surface area (Å²) in [5.74, 6) is 1.37. The molecule has 3 atom stereocenters. The van der Waals surface area contributed by atoms with Crippen molar-refractivity contribution in [2.24, 2.45) is 5.92 Å². The van der Waals surface area contributed by atoms with Gasteiger partial charge in [-0.25, -0.2) is 0 Å². The predicted octanol–water partition coefficient (Wildman–Crippen LogP) is 3.53. The van der Waals surface area contributed by atoms with Gasteiger partial charge in [0.2, 0.25) is 0 Å². The van der Waals surface area contributed by atoms with Gasteiger partial charge in [0.15, 0.2) is 0 Å². The van der Waals surface area contributed by atoms with Crippen LogP contribution in [0.5, 0.6) is 5.75 Å². The molecule has 1 aromatic rings. The lowest BCUT2D eigenvalue weighted by Crippen LogP contribution is -2.44. The second kappa shape index (κ2) is 4.63. The summed E-state index contributed by atoms with van der Waals surface area (Å²) in [6, 6.07) is 4.51. The molecule has 0 radical (unpaired) electrons. The first-order chi connectivity index (χ1) is 9.47. The van der Waals surface area contributed by atoms with Crippen LogP contribution < -0.4 is 4.74 Å². The van der Waals surface area contributed by atoms with Crippen molar-refractivity contribution in [2.45, 2.75) is 51.0 Å². The van der Waals surface area contributed by atoms with E-state index in [0.717, 1.165) is 37.0 Å². The van der Waals surface area contributed by atoms with Gasteiger partial charge in [-0.1, -0.05) is 19.6 Å². The molecule has 1 saturated carbocycles. The highest BCUT2D eigenvalue weighted by Gasteiger charge is 2.46. The third kappa shape index (κ3) is 1.81. The van der Waals surface area contributed by atoms with Gasteiger partial charge in [-0.2, -0.15) is 0 Å². The summed E-state index contributed by atoms with van der Waals surface area (Å²) in [6.07, 6.45) is 3.71. The molecule has 0 aliphatic heterocycles. The fourth-order valence-corrected chi connectivity index (χ4v) is 4.27. The van der Waals surface area contributed by atoms with E-state index in [1.165, 1.54) is 16.7 Å². The summed E-state index contributed by atoms with van der Waals surface area (Å²) in [5.41, 5.74) is 5.20. The van der Waals surface area contributed by atoms with E-state index in [4.69, 9.17) is 4.74 Å². The van der Waals surface area contributed by atoms with Gasteiger partial charge in [-0.3, -0.25) is 0 Å². The van der Waals surface area contributed by atoms with E-state index in [-0.39, 0.29) is 11.5 Å². The maximum atomic E-state index is 10.1. The normalized spacial score (nSPS) is 32.5. The fourth-order valence-electron chi connectivity index (χ4n) is 4.27. The van der Waals surface area contributed by atoms with Crippen LogP contribution >= 0.6 is 0 Å². The fraction of sp³-hybridized carbons (Fsp3) is 0.556. The zero-order valence-electron chi connectivity index (χ0n) is 12.7. The quantitative estimate of drug-likeness (QED) is 0.792. The standard InChI is InChI=1S/C18H24O2/c1-11-9-13-5-6-14-12(2)16(19)7-8-18(14,3)15(13)10-17(11)20-4/h9-10,14,16,19H,2,5-8H2,1,3-4H3/t14?,16-,18+/m1/s1. The minimum absolute atomic E-state index is 0.102. The summed E-state index contributed by atoms with van der Waals surface area (Å²) < 4.78 is 5.51. The van der Waals surface area contributed by atoms with Crippen LogP contribution in [0.15, 0.2) is 24.3 Å². The lowest BCUT2D eigenvalue weighted by molar-refractivity contribution is 0.108. The maximum absolute atomic E-state index is 10.1. The van der Waals surface area contributed by atoms with Crippen molar-refractivity contribution in [3.63, 3.8) is 0 Å². The molecule has 1 fully saturated rings. The van der Waals surface area contributed by atoms with Crippen LogP contribution in [-0.4, -0.2) is 18.3 Å². The molecule has 108 valence electrons. The smallest absolute Gasteiger partial charge is 0.122 e. The molecule has 2 aliphatic carbocycles. The number of rotatable bonds is 1. The number of ether oxygens (including phenoxy) is 1. The van der Waals surface area contributed by atoms with E-state index in [0.29, 0.717) is 5.92 Å². The summed E-state index contributed by atoms with van der Waals surface area (Å²) in [5, 5.41) is 10.1. The average molecular weight is 272 g/mol. The van der Waals surface area contributed by atoms with Gasteiger partial charge >= 0.3 is 0 Å². The zero-order valence-corrected chi connectivity index (χ0v) is 12.7. The molecule has 0 aromatic heterocycles. The van der Waals surface area contributed by atoms with Gasteiger partial charge in [-0.15, -0.1) is 0 Å². The molecule has 0 saturated heterocycles. The van der Waals surface area contributed by atoms with E-state index in [9.17, 15) is 5.11 Å². The highest BCUT2D eigenvalue weighted by Crippen LogP contribution is 2.52. The van der Waals surface area contributed by atoms with Crippen molar-refractivity contribution >= 4 is 0 Å². The van der Waals surface area contributed by atoms with Crippen molar-refractivity contribution in [2.75, 3.05) is 7.11 Å². The van der Waals surface area contributed by atoms with Gasteiger partial charge in [0.1, 0.15) is 5.75 Å². The van der Waals surface area contributed by atoms with Crippen LogP contribution in [0.25, 0.3) is 0 Å². The van der Waals surface area contributed by atoms with Gasteiger partial charge in [0.05, 0.1) is 13.2 Å². The zero-order chi connectivity index (χ0) is 14.5. The van der Waals surface area contributed by atoms with Crippen molar-refractivity contribution < 1.29 is 9.84 Å². The Labute approximate surface area is 121 Å². The van der Waals surface area contributed by atoms with E-state index in [2.05, 4.69) is 32.6 Å². The van der Waals surface area contributed by atoms with Gasteiger partial charge < -0.3 is 9.84 Å². The second-order valence-corrected chi connectivity index (χ2v) is 6.62. The number of fused-ring (bicyclic) bond motifs is 3. The molecule has 3 rings (SSSR count). The highest BCUT2D eigenvalue weighted by molar-refractivity contribution is 5.49. The maximum Gasteiger partial charge on any atom is 0.122 e. The minimum Gasteiger partial charge on any atom is -0.496 e. The number of methoxy groups -OCH3 is 1. The molecule has 0 bridgehead atoms. The lowest BCUT2D eigenvalue weighted by atomic mass is 9.56. The van der Waals surface area contributed by atoms with E-state index >= 15 is 0 Å². The largest absolute Gasteiger partial charge is 0.496 e. The van der Waals surface area contributed by atoms with Crippen LogP contribution in [0.3, 0.4) is 0 Å². The van der Waals surface area contributed by atoms with Crippen molar-refractivity contribution in [1.82, 2.24) is 0 Å². The number of hydrogen-bond acceptors (Lipinski definition) is 2. The van der Waals surface area contributed by atoms with Gasteiger partial charge in [-0.05, 0) is 72.3 Å². The number of aliphatic hydroxyl groups excluding tert-OH is 1. The molecule has 2 heteroatoms. The predicted molar refractivity (Wildman–Crippen MR) is 81.3 cm³/mol. The molecular formula is C18H24O2. The number of aryl methyl sites for hydroxylation is 2. The first kappa shape index (κ1) is 13.7. The Balaban J connectivity index is 2.12. The average Bonchev–Trinajstić information content (AvgIpc) is 2.43. The number of hydrogen-bond donors (Lipinski definition) is 1. The van der Waals surface area contributed by atoms with Crippen LogP contribution in [0, 0.1) is 12.8 Å². The first-order valence-corrected chi connectivity index (χ1v) is 7.52. The molecule has 0 heterocycles. The molecule has 2 nitrogen and oxygen atoms in total. The number of aliphatic hydroxyl groups is 1. The van der Waals surface area contributed by atoms with Crippen LogP contribution in [-0.2, 0) is 11.8 Å². The topological polar surface area (TPSA) is 29.5 Å². The van der Waals surface area contributed by atoms with E-state index in [1.807, 2.05) is 0 Å². The molecule has 1 aromatic carbocycles. The summed E-state index contributed by atoms with van der Waals surface area (Å²) in [7, 11) is 1.74. The second-order valence-electron chi connectivity index (χ2n) is 6.62.